The first-order valence-corrected chi connectivity index (χ1v) is 12.8. The number of anilines is 2. The van der Waals surface area contributed by atoms with Crippen molar-refractivity contribution in [2.45, 2.75) is 25.4 Å². The Kier molecular flexibility index (Phi) is 6.76. The molecular weight excluding hydrogens is 455 g/mol. The van der Waals surface area contributed by atoms with Gasteiger partial charge in [0.2, 0.25) is 0 Å². The average molecular weight is 484 g/mol. The number of hydrogen-bond donors (Lipinski definition) is 1. The summed E-state index contributed by atoms with van der Waals surface area (Å²) in [6.07, 6.45) is -0.657. The van der Waals surface area contributed by atoms with Gasteiger partial charge >= 0.3 is 16.3 Å². The number of rotatable bonds is 6. The number of halogens is 3. The summed E-state index contributed by atoms with van der Waals surface area (Å²) in [6, 6.07) is 9.14. The Hall–Kier alpha value is -2.46. The lowest BCUT2D eigenvalue weighted by atomic mass is 9.95. The molecule has 0 aromatic heterocycles. The summed E-state index contributed by atoms with van der Waals surface area (Å²) < 4.78 is 67.4. The van der Waals surface area contributed by atoms with Crippen LogP contribution in [0.5, 0.6) is 5.75 Å². The number of alkyl halides is 3. The van der Waals surface area contributed by atoms with Gasteiger partial charge in [0.15, 0.2) is 5.75 Å². The third-order valence-electron chi connectivity index (χ3n) is 6.13. The van der Waals surface area contributed by atoms with E-state index in [9.17, 15) is 21.6 Å². The van der Waals surface area contributed by atoms with Gasteiger partial charge in [-0.3, -0.25) is 4.90 Å². The minimum Gasteiger partial charge on any atom is -0.382 e. The van der Waals surface area contributed by atoms with Gasteiger partial charge in [-0.15, -0.1) is 0 Å². The Bertz CT molecular complexity index is 1100. The topological polar surface area (TPSA) is 61.9 Å². The summed E-state index contributed by atoms with van der Waals surface area (Å²) in [7, 11) is -3.61. The first-order chi connectivity index (χ1) is 15.6. The van der Waals surface area contributed by atoms with Crippen LogP contribution in [0, 0.1) is 0 Å². The van der Waals surface area contributed by atoms with Gasteiger partial charge in [0.25, 0.3) is 0 Å². The molecule has 10 heteroatoms. The molecule has 0 amide bonds. The van der Waals surface area contributed by atoms with Crippen molar-refractivity contribution in [1.82, 2.24) is 4.90 Å². The minimum absolute atomic E-state index is 0.339. The van der Waals surface area contributed by atoms with Crippen molar-refractivity contribution in [2.75, 3.05) is 55.7 Å². The van der Waals surface area contributed by atoms with E-state index in [0.29, 0.717) is 24.5 Å². The Morgan fingerprint density at radius 2 is 1.85 bits per heavy atom. The molecule has 0 aliphatic carbocycles. The molecule has 0 spiro atoms. The fraction of sp³-hybridized carbons (Fsp3) is 0.478. The normalized spacial score (nSPS) is 17.4. The van der Waals surface area contributed by atoms with Gasteiger partial charge in [0.05, 0.1) is 17.5 Å². The molecule has 1 N–H and O–H groups in total. The Balaban J connectivity index is 1.38. The van der Waals surface area contributed by atoms with Crippen LogP contribution in [0.25, 0.3) is 0 Å². The van der Waals surface area contributed by atoms with Crippen molar-refractivity contribution >= 4 is 21.5 Å². The number of benzene rings is 2. The monoisotopic (exact) mass is 483 g/mol. The first-order valence-electron chi connectivity index (χ1n) is 11.0. The third-order valence-corrected chi connectivity index (χ3v) is 6.61. The van der Waals surface area contributed by atoms with Crippen LogP contribution >= 0.6 is 0 Å². The zero-order chi connectivity index (χ0) is 23.6. The van der Waals surface area contributed by atoms with Gasteiger partial charge in [-0.1, -0.05) is 12.1 Å². The van der Waals surface area contributed by atoms with Crippen LogP contribution in [-0.2, 0) is 29.1 Å². The minimum atomic E-state index is -4.34. The number of piperazine rings is 1. The lowest BCUT2D eigenvalue weighted by molar-refractivity contribution is -0.137. The van der Waals surface area contributed by atoms with Crippen LogP contribution in [0.2, 0.25) is 0 Å². The van der Waals surface area contributed by atoms with Gasteiger partial charge in [-0.05, 0) is 54.7 Å². The largest absolute Gasteiger partial charge is 0.416 e. The molecule has 2 aromatic rings. The van der Waals surface area contributed by atoms with E-state index in [2.05, 4.69) is 10.2 Å². The molecule has 0 atom stereocenters. The molecule has 0 bridgehead atoms. The van der Waals surface area contributed by atoms with E-state index in [1.54, 1.807) is 12.1 Å². The molecule has 1 fully saturated rings. The van der Waals surface area contributed by atoms with Gasteiger partial charge < -0.3 is 14.4 Å². The highest BCUT2D eigenvalue weighted by Gasteiger charge is 2.31. The molecule has 0 radical (unpaired) electrons. The SMILES string of the molecule is CS(=O)(=O)Oc1ccc(CCN2CCN(c3cccc(C(F)(F)F)c3)CC2)c2c1NCCC2. The van der Waals surface area contributed by atoms with Gasteiger partial charge in [-0.25, -0.2) is 0 Å². The molecule has 1 saturated heterocycles. The summed E-state index contributed by atoms with van der Waals surface area (Å²) in [5.74, 6) is 0.339. The maximum absolute atomic E-state index is 13.0. The van der Waals surface area contributed by atoms with Crippen LogP contribution in [-0.4, -0.2) is 58.8 Å². The smallest absolute Gasteiger partial charge is 0.382 e. The number of fused-ring (bicyclic) bond motifs is 1. The second kappa shape index (κ2) is 9.42. The predicted molar refractivity (Wildman–Crippen MR) is 123 cm³/mol. The third kappa shape index (κ3) is 5.92. The zero-order valence-corrected chi connectivity index (χ0v) is 19.3. The Labute approximate surface area is 192 Å². The fourth-order valence-corrected chi connectivity index (χ4v) is 4.95. The van der Waals surface area contributed by atoms with Gasteiger partial charge in [-0.2, -0.15) is 21.6 Å². The van der Waals surface area contributed by atoms with Crippen LogP contribution in [0.3, 0.4) is 0 Å². The number of nitrogens with one attached hydrogen (secondary N) is 1. The lowest BCUT2D eigenvalue weighted by Crippen LogP contribution is -2.47. The van der Waals surface area contributed by atoms with Crippen molar-refractivity contribution in [3.8, 4) is 5.75 Å². The molecule has 2 aliphatic rings. The van der Waals surface area contributed by atoms with Crippen molar-refractivity contribution in [3.05, 3.63) is 53.1 Å². The second-order valence-corrected chi connectivity index (χ2v) is 10.1. The van der Waals surface area contributed by atoms with Crippen LogP contribution in [0.15, 0.2) is 36.4 Å². The van der Waals surface area contributed by atoms with Crippen LogP contribution in [0.1, 0.15) is 23.1 Å². The van der Waals surface area contributed by atoms with Crippen molar-refractivity contribution < 1.29 is 25.8 Å². The maximum Gasteiger partial charge on any atom is 0.416 e. The van der Waals surface area contributed by atoms with E-state index in [-0.39, 0.29) is 0 Å². The molecule has 33 heavy (non-hydrogen) atoms. The van der Waals surface area contributed by atoms with Crippen LogP contribution in [0.4, 0.5) is 24.5 Å². The summed E-state index contributed by atoms with van der Waals surface area (Å²) in [4.78, 5) is 4.31. The van der Waals surface area contributed by atoms with E-state index in [1.807, 2.05) is 11.0 Å². The first kappa shape index (κ1) is 23.7. The predicted octanol–water partition coefficient (Wildman–Crippen LogP) is 3.77. The highest BCUT2D eigenvalue weighted by molar-refractivity contribution is 7.86. The van der Waals surface area contributed by atoms with E-state index in [1.165, 1.54) is 17.7 Å². The van der Waals surface area contributed by atoms with E-state index in [0.717, 1.165) is 69.0 Å². The molecule has 2 aliphatic heterocycles. The zero-order valence-electron chi connectivity index (χ0n) is 18.5. The summed E-state index contributed by atoms with van der Waals surface area (Å²) in [5.41, 5.74) is 3.01. The van der Waals surface area contributed by atoms with Crippen LogP contribution < -0.4 is 14.4 Å². The van der Waals surface area contributed by atoms with Gasteiger partial charge in [0, 0.05) is 45.0 Å². The molecule has 2 heterocycles. The lowest BCUT2D eigenvalue weighted by Gasteiger charge is -2.36. The highest BCUT2D eigenvalue weighted by atomic mass is 32.2. The van der Waals surface area contributed by atoms with E-state index < -0.39 is 21.9 Å². The summed E-state index contributed by atoms with van der Waals surface area (Å²) in [6.45, 7) is 4.48. The summed E-state index contributed by atoms with van der Waals surface area (Å²) in [5, 5.41) is 3.28. The molecule has 0 unspecified atom stereocenters. The van der Waals surface area contributed by atoms with Crippen molar-refractivity contribution in [3.63, 3.8) is 0 Å². The summed E-state index contributed by atoms with van der Waals surface area (Å²) >= 11 is 0. The van der Waals surface area contributed by atoms with Crippen molar-refractivity contribution in [2.24, 2.45) is 0 Å². The fourth-order valence-electron chi connectivity index (χ4n) is 4.48. The molecule has 2 aromatic carbocycles. The van der Waals surface area contributed by atoms with E-state index >= 15 is 0 Å². The molecule has 6 nitrogen and oxygen atoms in total. The second-order valence-electron chi connectivity index (χ2n) is 8.52. The quantitative estimate of drug-likeness (QED) is 0.632. The van der Waals surface area contributed by atoms with Gasteiger partial charge in [0.1, 0.15) is 0 Å². The molecule has 0 saturated carbocycles. The van der Waals surface area contributed by atoms with Crippen molar-refractivity contribution in [1.29, 1.82) is 0 Å². The highest BCUT2D eigenvalue weighted by Crippen LogP contribution is 2.36. The molecule has 4 rings (SSSR count). The molecular formula is C23H28F3N3O3S. The number of nitrogens with zero attached hydrogens (tertiary/aromatic N) is 2. The van der Waals surface area contributed by atoms with E-state index in [4.69, 9.17) is 4.18 Å². The average Bonchev–Trinajstić information content (AvgIpc) is 2.77. The maximum atomic E-state index is 13.0. The molecule has 180 valence electrons. The Morgan fingerprint density at radius 3 is 2.55 bits per heavy atom. The Morgan fingerprint density at radius 1 is 1.09 bits per heavy atom. The standard InChI is InChI=1S/C23H28F3N3O3S/c1-33(30,31)32-21-8-7-17(20-6-3-10-27-22(20)21)9-11-28-12-14-29(15-13-28)19-5-2-4-18(16-19)23(24,25)26/h2,4-5,7-8,16,27H,3,6,9-15H2,1H3. The number of hydrogen-bond acceptors (Lipinski definition) is 6.